The molecule has 5 N–H and O–H groups in total. The fourth-order valence-electron chi connectivity index (χ4n) is 7.98. The number of carbonyl (C=O) groups excluding carboxylic acids is 6. The summed E-state index contributed by atoms with van der Waals surface area (Å²) in [7, 11) is 4.57. The minimum atomic E-state index is -2.80. The average Bonchev–Trinajstić information content (AvgIpc) is 3.02. The van der Waals surface area contributed by atoms with Crippen LogP contribution in [-0.2, 0) is 41.7 Å². The molecule has 0 radical (unpaired) electrons. The second-order valence-electron chi connectivity index (χ2n) is 13.7. The number of aromatic hydroxyl groups is 1. The number of esters is 1. The minimum absolute atomic E-state index is 0.0424. The molecular formula is C36H43N3O10. The van der Waals surface area contributed by atoms with Crippen molar-refractivity contribution in [3.8, 4) is 22.6 Å². The zero-order valence-corrected chi connectivity index (χ0v) is 28.4. The lowest BCUT2D eigenvalue weighted by Gasteiger charge is -2.52. The molecule has 0 saturated heterocycles. The third-order valence-corrected chi connectivity index (χ3v) is 10.2. The minimum Gasteiger partial charge on any atom is -0.507 e. The highest BCUT2D eigenvalue weighted by atomic mass is 16.5. The van der Waals surface area contributed by atoms with Crippen LogP contribution in [0.15, 0.2) is 30.3 Å². The summed E-state index contributed by atoms with van der Waals surface area (Å²) in [5.74, 6) is -11.1. The number of ether oxygens (including phenoxy) is 2. The molecule has 0 spiro atoms. The predicted molar refractivity (Wildman–Crippen MR) is 175 cm³/mol. The summed E-state index contributed by atoms with van der Waals surface area (Å²) in [6, 6.07) is 6.70. The predicted octanol–water partition coefficient (Wildman–Crippen LogP) is 1.22. The fraction of sp³-hybridized carbons (Fsp3) is 0.500. The SMILES string of the molecule is CCOC(=O)C(NCc1ccc(OC)c(-c2ccc(O)c3c2CC2CC4C(N(C)C)C(=O)C(C(N)=O)C(=O)C4(O)C(=O)C2C3=O)c1)C(C)C. The van der Waals surface area contributed by atoms with Crippen molar-refractivity contribution in [2.75, 3.05) is 27.8 Å². The smallest absolute Gasteiger partial charge is 0.323 e. The van der Waals surface area contributed by atoms with Crippen molar-refractivity contribution in [2.45, 2.75) is 57.8 Å². The average molecular weight is 678 g/mol. The van der Waals surface area contributed by atoms with Gasteiger partial charge in [0.15, 0.2) is 34.7 Å². The van der Waals surface area contributed by atoms with Gasteiger partial charge in [0.25, 0.3) is 0 Å². The number of phenolic OH excluding ortho intramolecular Hbond substituents is 1. The van der Waals surface area contributed by atoms with Crippen LogP contribution in [0.25, 0.3) is 11.1 Å². The molecule has 1 amide bonds. The summed E-state index contributed by atoms with van der Waals surface area (Å²) in [6.45, 7) is 6.12. The highest BCUT2D eigenvalue weighted by molar-refractivity contribution is 6.32. The Kier molecular flexibility index (Phi) is 9.84. The maximum Gasteiger partial charge on any atom is 0.323 e. The van der Waals surface area contributed by atoms with E-state index in [1.165, 1.54) is 32.2 Å². The van der Waals surface area contributed by atoms with E-state index in [1.54, 1.807) is 19.1 Å². The van der Waals surface area contributed by atoms with E-state index in [0.29, 0.717) is 29.0 Å². The first-order chi connectivity index (χ1) is 23.1. The second kappa shape index (κ2) is 13.4. The third kappa shape index (κ3) is 5.83. The van der Waals surface area contributed by atoms with Crippen molar-refractivity contribution in [1.29, 1.82) is 0 Å². The first-order valence-electron chi connectivity index (χ1n) is 16.4. The molecule has 0 bridgehead atoms. The molecule has 5 rings (SSSR count). The summed E-state index contributed by atoms with van der Waals surface area (Å²) in [6.07, 6.45) is 0.0318. The Labute approximate surface area is 284 Å². The number of amides is 1. The molecular weight excluding hydrogens is 634 g/mol. The Balaban J connectivity index is 1.57. The molecule has 262 valence electrons. The lowest BCUT2D eigenvalue weighted by molar-refractivity contribution is -0.181. The van der Waals surface area contributed by atoms with Crippen LogP contribution in [0.5, 0.6) is 11.5 Å². The van der Waals surface area contributed by atoms with Crippen molar-refractivity contribution < 1.29 is 48.5 Å². The first-order valence-corrected chi connectivity index (χ1v) is 16.4. The number of hydrogen-bond donors (Lipinski definition) is 4. The number of methoxy groups -OCH3 is 1. The van der Waals surface area contributed by atoms with Gasteiger partial charge in [-0.25, -0.2) is 0 Å². The molecule has 7 unspecified atom stereocenters. The maximum atomic E-state index is 14.2. The van der Waals surface area contributed by atoms with E-state index in [4.69, 9.17) is 15.2 Å². The first kappa shape index (κ1) is 35.8. The molecule has 0 heterocycles. The number of nitrogens with zero attached hydrogens (tertiary/aromatic N) is 1. The molecule has 7 atom stereocenters. The number of phenols is 1. The lowest BCUT2D eigenvalue weighted by atomic mass is 9.52. The number of nitrogens with one attached hydrogen (secondary N) is 1. The van der Waals surface area contributed by atoms with Crippen LogP contribution in [0.1, 0.15) is 48.7 Å². The van der Waals surface area contributed by atoms with Crippen LogP contribution < -0.4 is 15.8 Å². The standard InChI is InChI=1S/C36H43N3O10/c1-7-49-35(46)28(16(2)3)38-15-17-8-11-24(48-6)20(12-17)19-9-10-23(40)26-21(19)13-18-14-22-29(39(4)5)31(42)27(34(37)45)33(44)36(22,47)32(43)25(18)30(26)41/h8-12,16,18,22,25,27-29,38,40,47H,7,13-15H2,1-6H3,(H2,37,45). The summed E-state index contributed by atoms with van der Waals surface area (Å²) in [5.41, 5.74) is 4.89. The Hall–Kier alpha value is -4.46. The number of nitrogens with two attached hydrogens (primary N) is 1. The van der Waals surface area contributed by atoms with Gasteiger partial charge in [-0.1, -0.05) is 26.0 Å². The van der Waals surface area contributed by atoms with E-state index in [2.05, 4.69) is 5.32 Å². The molecule has 13 nitrogen and oxygen atoms in total. The summed E-state index contributed by atoms with van der Waals surface area (Å²) in [4.78, 5) is 81.5. The van der Waals surface area contributed by atoms with Gasteiger partial charge in [-0.15, -0.1) is 0 Å². The van der Waals surface area contributed by atoms with E-state index < -0.39 is 70.4 Å². The molecule has 2 saturated carbocycles. The number of fused-ring (bicyclic) bond motifs is 3. The van der Waals surface area contributed by atoms with Crippen molar-refractivity contribution >= 4 is 35.0 Å². The van der Waals surface area contributed by atoms with Crippen LogP contribution in [-0.4, -0.2) is 95.6 Å². The number of ketones is 4. The zero-order chi connectivity index (χ0) is 36.1. The van der Waals surface area contributed by atoms with Gasteiger partial charge in [0.2, 0.25) is 5.91 Å². The van der Waals surface area contributed by atoms with Crippen LogP contribution in [0.2, 0.25) is 0 Å². The van der Waals surface area contributed by atoms with Gasteiger partial charge < -0.3 is 30.7 Å². The van der Waals surface area contributed by atoms with E-state index in [1.807, 2.05) is 26.0 Å². The van der Waals surface area contributed by atoms with Crippen LogP contribution in [0.3, 0.4) is 0 Å². The number of Topliss-reactive ketones (excluding diaryl/α,β-unsaturated/α-hetero) is 4. The number of benzene rings is 2. The Bertz CT molecular complexity index is 1740. The van der Waals surface area contributed by atoms with Crippen LogP contribution in [0.4, 0.5) is 0 Å². The molecule has 2 aromatic carbocycles. The van der Waals surface area contributed by atoms with Gasteiger partial charge in [0, 0.05) is 18.0 Å². The largest absolute Gasteiger partial charge is 0.507 e. The number of hydrogen-bond acceptors (Lipinski definition) is 12. The molecule has 2 aromatic rings. The molecule has 2 fully saturated rings. The molecule has 13 heteroatoms. The van der Waals surface area contributed by atoms with Crippen LogP contribution in [0, 0.1) is 29.6 Å². The normalized spacial score (nSPS) is 27.0. The van der Waals surface area contributed by atoms with Gasteiger partial charge in [0.05, 0.1) is 31.2 Å². The van der Waals surface area contributed by atoms with Crippen molar-refractivity contribution in [2.24, 2.45) is 35.3 Å². The number of likely N-dealkylation sites (N-methyl/N-ethyl adjacent to an activating group) is 1. The topological polar surface area (TPSA) is 203 Å². The molecule has 0 aromatic heterocycles. The number of rotatable bonds is 10. The number of primary amides is 1. The van der Waals surface area contributed by atoms with E-state index in [-0.39, 0.29) is 42.6 Å². The lowest BCUT2D eigenvalue weighted by Crippen LogP contribution is -2.74. The molecule has 3 aliphatic rings. The van der Waals surface area contributed by atoms with Gasteiger partial charge in [-0.05, 0) is 80.6 Å². The monoisotopic (exact) mass is 677 g/mol. The van der Waals surface area contributed by atoms with Crippen molar-refractivity contribution in [1.82, 2.24) is 10.2 Å². The molecule has 49 heavy (non-hydrogen) atoms. The van der Waals surface area contributed by atoms with Gasteiger partial charge in [0.1, 0.15) is 17.5 Å². The summed E-state index contributed by atoms with van der Waals surface area (Å²) in [5, 5.41) is 26.1. The van der Waals surface area contributed by atoms with Crippen molar-refractivity contribution in [3.05, 3.63) is 47.0 Å². The summed E-state index contributed by atoms with van der Waals surface area (Å²) < 4.78 is 10.9. The van der Waals surface area contributed by atoms with E-state index in [9.17, 15) is 39.0 Å². The number of aliphatic hydroxyl groups is 1. The fourth-order valence-corrected chi connectivity index (χ4v) is 7.98. The van der Waals surface area contributed by atoms with Crippen LogP contribution >= 0.6 is 0 Å². The van der Waals surface area contributed by atoms with E-state index >= 15 is 0 Å². The second-order valence-corrected chi connectivity index (χ2v) is 13.7. The molecule has 0 aliphatic heterocycles. The zero-order valence-electron chi connectivity index (χ0n) is 28.4. The quantitative estimate of drug-likeness (QED) is 0.207. The Morgan fingerprint density at radius 2 is 1.78 bits per heavy atom. The van der Waals surface area contributed by atoms with E-state index in [0.717, 1.165) is 5.56 Å². The van der Waals surface area contributed by atoms with Gasteiger partial charge in [-0.3, -0.25) is 33.7 Å². The highest BCUT2D eigenvalue weighted by Gasteiger charge is 2.69. The Morgan fingerprint density at radius 1 is 1.08 bits per heavy atom. The highest BCUT2D eigenvalue weighted by Crippen LogP contribution is 2.52. The number of carbonyl (C=O) groups is 6. The van der Waals surface area contributed by atoms with Gasteiger partial charge in [-0.2, -0.15) is 0 Å². The maximum absolute atomic E-state index is 14.2. The van der Waals surface area contributed by atoms with Crippen molar-refractivity contribution in [3.63, 3.8) is 0 Å². The van der Waals surface area contributed by atoms with Gasteiger partial charge >= 0.3 is 5.97 Å². The summed E-state index contributed by atoms with van der Waals surface area (Å²) >= 11 is 0. The third-order valence-electron chi connectivity index (χ3n) is 10.2. The Morgan fingerprint density at radius 3 is 2.37 bits per heavy atom. The molecule has 3 aliphatic carbocycles.